The van der Waals surface area contributed by atoms with E-state index in [0.29, 0.717) is 13.0 Å². The largest absolute Gasteiger partial charge is 0.502 e. The molecule has 0 saturated carbocycles. The van der Waals surface area contributed by atoms with Crippen LogP contribution in [-0.4, -0.2) is 33.8 Å². The molecule has 0 spiro atoms. The van der Waals surface area contributed by atoms with E-state index in [4.69, 9.17) is 0 Å². The van der Waals surface area contributed by atoms with Gasteiger partial charge in [0.1, 0.15) is 12.5 Å². The van der Waals surface area contributed by atoms with Gasteiger partial charge in [0.05, 0.1) is 6.04 Å². The molecule has 0 aliphatic carbocycles. The van der Waals surface area contributed by atoms with Crippen molar-refractivity contribution in [2.75, 3.05) is 18.2 Å². The van der Waals surface area contributed by atoms with Crippen LogP contribution in [-0.2, 0) is 0 Å². The van der Waals surface area contributed by atoms with Crippen molar-refractivity contribution in [3.8, 4) is 5.75 Å². The molecule has 0 fully saturated rings. The minimum Gasteiger partial charge on any atom is -0.502 e. The molecule has 2 aliphatic heterocycles. The van der Waals surface area contributed by atoms with Crippen molar-refractivity contribution in [3.63, 3.8) is 0 Å². The molecular weight excluding hydrogens is 373 g/mol. The zero-order chi connectivity index (χ0) is 20.1. The van der Waals surface area contributed by atoms with Gasteiger partial charge in [-0.3, -0.25) is 19.3 Å². The fourth-order valence-electron chi connectivity index (χ4n) is 4.17. The number of carbonyl (C=O) groups is 1. The van der Waals surface area contributed by atoms with Gasteiger partial charge >= 0.3 is 0 Å². The second-order valence-electron chi connectivity index (χ2n) is 7.27. The molecule has 5 rings (SSSR count). The number of nitrogens with zero attached hydrogens (tertiary/aromatic N) is 3. The molecule has 0 saturated heterocycles. The van der Waals surface area contributed by atoms with Crippen LogP contribution in [0.1, 0.15) is 28.5 Å². The van der Waals surface area contributed by atoms with Gasteiger partial charge in [0.15, 0.2) is 11.4 Å². The summed E-state index contributed by atoms with van der Waals surface area (Å²) in [6.07, 6.45) is 6.05. The predicted molar refractivity (Wildman–Crippen MR) is 107 cm³/mol. The maximum atomic E-state index is 14.0. The fourth-order valence-corrected chi connectivity index (χ4v) is 4.17. The van der Waals surface area contributed by atoms with Crippen LogP contribution in [0.5, 0.6) is 5.75 Å². The molecule has 6 nitrogen and oxygen atoms in total. The van der Waals surface area contributed by atoms with Gasteiger partial charge in [-0.25, -0.2) is 4.39 Å². The molecule has 2 aliphatic rings. The second-order valence-corrected chi connectivity index (χ2v) is 7.27. The lowest BCUT2D eigenvalue weighted by Gasteiger charge is -2.44. The van der Waals surface area contributed by atoms with Crippen molar-refractivity contribution in [2.45, 2.75) is 12.5 Å². The van der Waals surface area contributed by atoms with Crippen molar-refractivity contribution in [1.82, 2.24) is 9.58 Å². The summed E-state index contributed by atoms with van der Waals surface area (Å²) in [4.78, 5) is 26.4. The quantitative estimate of drug-likeness (QED) is 0.648. The zero-order valence-electron chi connectivity index (χ0n) is 15.5. The molecule has 1 N–H and O–H groups in total. The van der Waals surface area contributed by atoms with E-state index in [1.807, 2.05) is 35.4 Å². The van der Waals surface area contributed by atoms with E-state index < -0.39 is 17.1 Å². The van der Waals surface area contributed by atoms with Crippen LogP contribution >= 0.6 is 0 Å². The Morgan fingerprint density at radius 1 is 1.07 bits per heavy atom. The van der Waals surface area contributed by atoms with Crippen LogP contribution in [0.15, 0.2) is 65.6 Å². The summed E-state index contributed by atoms with van der Waals surface area (Å²) in [5, 5.41) is 14.0. The first kappa shape index (κ1) is 17.5. The summed E-state index contributed by atoms with van der Waals surface area (Å²) in [5.41, 5.74) is 0.269. The maximum absolute atomic E-state index is 14.0. The van der Waals surface area contributed by atoms with E-state index in [-0.39, 0.29) is 24.2 Å². The molecule has 3 aromatic rings. The van der Waals surface area contributed by atoms with Crippen LogP contribution in [0.3, 0.4) is 0 Å². The van der Waals surface area contributed by atoms with E-state index >= 15 is 0 Å². The lowest BCUT2D eigenvalue weighted by atomic mass is 9.95. The molecule has 2 aromatic carbocycles. The number of hydrogen-bond donors (Lipinski definition) is 1. The number of benzene rings is 2. The lowest BCUT2D eigenvalue weighted by Crippen LogP contribution is -2.55. The molecule has 1 amide bonds. The number of pyridine rings is 1. The number of rotatable bonds is 1. The van der Waals surface area contributed by atoms with Crippen LogP contribution < -0.4 is 10.4 Å². The highest BCUT2D eigenvalue weighted by Crippen LogP contribution is 2.34. The van der Waals surface area contributed by atoms with Gasteiger partial charge in [-0.1, -0.05) is 36.4 Å². The number of fused-ring (bicyclic) bond motifs is 5. The Labute approximate surface area is 165 Å². The van der Waals surface area contributed by atoms with Crippen molar-refractivity contribution in [1.29, 1.82) is 0 Å². The summed E-state index contributed by atoms with van der Waals surface area (Å²) in [6.45, 7) is 0.670. The van der Waals surface area contributed by atoms with Crippen molar-refractivity contribution in [3.05, 3.63) is 88.1 Å². The highest BCUT2D eigenvalue weighted by atomic mass is 19.1. The van der Waals surface area contributed by atoms with Crippen LogP contribution in [0.2, 0.25) is 0 Å². The molecule has 1 unspecified atom stereocenters. The summed E-state index contributed by atoms with van der Waals surface area (Å²) >= 11 is 0. The second kappa shape index (κ2) is 6.48. The fraction of sp³-hybridized carbons (Fsp3) is 0.182. The first-order valence-corrected chi connectivity index (χ1v) is 9.38. The average Bonchev–Trinajstić information content (AvgIpc) is 2.70. The molecular formula is C22H18FN3O3. The smallest absolute Gasteiger partial charge is 0.278 e. The Kier molecular flexibility index (Phi) is 3.91. The Hall–Kier alpha value is -3.61. The third-order valence-corrected chi connectivity index (χ3v) is 5.58. The first-order chi connectivity index (χ1) is 14.0. The number of aromatic nitrogens is 1. The normalized spacial score (nSPS) is 19.6. The van der Waals surface area contributed by atoms with E-state index in [9.17, 15) is 19.1 Å². The van der Waals surface area contributed by atoms with E-state index in [2.05, 4.69) is 0 Å². The Morgan fingerprint density at radius 3 is 2.79 bits per heavy atom. The molecule has 0 radical (unpaired) electrons. The monoisotopic (exact) mass is 391 g/mol. The van der Waals surface area contributed by atoms with Gasteiger partial charge in [0, 0.05) is 18.8 Å². The standard InChI is InChI=1S/C22H18FN3O3/c23-15-8-7-14-4-3-5-16(17(14)12-15)18-6-1-2-10-24-13-26(18)25-11-9-19(27)21(28)20(25)22(24)29/h1-5,7-9,11-12,18,28H,6,10,13H2/b2-1-. The number of carbonyl (C=O) groups excluding carboxylic acids is 1. The van der Waals surface area contributed by atoms with Gasteiger partial charge in [-0.15, -0.1) is 0 Å². The van der Waals surface area contributed by atoms with Gasteiger partial charge < -0.3 is 10.0 Å². The van der Waals surface area contributed by atoms with Crippen LogP contribution in [0.4, 0.5) is 4.39 Å². The molecule has 1 aromatic heterocycles. The van der Waals surface area contributed by atoms with E-state index in [1.165, 1.54) is 24.4 Å². The highest BCUT2D eigenvalue weighted by molar-refractivity contribution is 5.96. The molecule has 29 heavy (non-hydrogen) atoms. The molecule has 7 heteroatoms. The Bertz CT molecular complexity index is 1230. The summed E-state index contributed by atoms with van der Waals surface area (Å²) in [7, 11) is 0. The molecule has 1 atom stereocenters. The van der Waals surface area contributed by atoms with Crippen molar-refractivity contribution in [2.24, 2.45) is 0 Å². The van der Waals surface area contributed by atoms with Gasteiger partial charge in [-0.2, -0.15) is 0 Å². The molecule has 2 bridgehead atoms. The Morgan fingerprint density at radius 2 is 1.93 bits per heavy atom. The number of aromatic hydroxyl groups is 1. The summed E-state index contributed by atoms with van der Waals surface area (Å²) in [5.74, 6) is -1.27. The minimum atomic E-state index is -0.595. The van der Waals surface area contributed by atoms with E-state index in [0.717, 1.165) is 16.3 Å². The van der Waals surface area contributed by atoms with Gasteiger partial charge in [0.25, 0.3) is 5.91 Å². The summed E-state index contributed by atoms with van der Waals surface area (Å²) < 4.78 is 15.6. The van der Waals surface area contributed by atoms with E-state index in [1.54, 1.807) is 15.6 Å². The zero-order valence-corrected chi connectivity index (χ0v) is 15.5. The lowest BCUT2D eigenvalue weighted by molar-refractivity contribution is 0.0694. The number of hydrogen-bond acceptors (Lipinski definition) is 4. The maximum Gasteiger partial charge on any atom is 0.278 e. The number of halogens is 1. The van der Waals surface area contributed by atoms with Gasteiger partial charge in [0.2, 0.25) is 5.43 Å². The SMILES string of the molecule is O=C1c2c(O)c(=O)ccn2N2CN1C/C=C\CC2c1cccc2ccc(F)cc12. The van der Waals surface area contributed by atoms with Crippen LogP contribution in [0, 0.1) is 5.82 Å². The van der Waals surface area contributed by atoms with Crippen molar-refractivity contribution < 1.29 is 14.3 Å². The topological polar surface area (TPSA) is 65.8 Å². The third-order valence-electron chi connectivity index (χ3n) is 5.58. The molecule has 3 heterocycles. The molecule has 146 valence electrons. The minimum absolute atomic E-state index is 0.0459. The van der Waals surface area contributed by atoms with Gasteiger partial charge in [-0.05, 0) is 34.9 Å². The number of amides is 1. The van der Waals surface area contributed by atoms with Crippen LogP contribution in [0.25, 0.3) is 10.8 Å². The highest BCUT2D eigenvalue weighted by Gasteiger charge is 2.36. The summed E-state index contributed by atoms with van der Waals surface area (Å²) in [6, 6.07) is 11.5. The predicted octanol–water partition coefficient (Wildman–Crippen LogP) is 2.90. The van der Waals surface area contributed by atoms with Crippen molar-refractivity contribution >= 4 is 16.7 Å². The third kappa shape index (κ3) is 2.69. The first-order valence-electron chi connectivity index (χ1n) is 9.38. The Balaban J connectivity index is 1.75. The average molecular weight is 391 g/mol.